The van der Waals surface area contributed by atoms with Crippen molar-refractivity contribution in [3.63, 3.8) is 0 Å². The highest BCUT2D eigenvalue weighted by Crippen LogP contribution is 2.24. The van der Waals surface area contributed by atoms with Crippen LogP contribution in [0.2, 0.25) is 0 Å². The van der Waals surface area contributed by atoms with Crippen LogP contribution in [-0.2, 0) is 14.3 Å². The predicted molar refractivity (Wildman–Crippen MR) is 309 cm³/mol. The molecule has 432 valence electrons. The number of carbonyl (C=O) groups is 1. The average Bonchev–Trinajstić information content (AvgIpc) is 3.39. The summed E-state index contributed by atoms with van der Waals surface area (Å²) >= 11 is 0. The maximum Gasteiger partial charge on any atom is 0.220 e. The van der Waals surface area contributed by atoms with E-state index in [4.69, 9.17) is 9.47 Å². The van der Waals surface area contributed by atoms with Crippen molar-refractivity contribution in [2.75, 3.05) is 13.2 Å². The Kier molecular flexibility index (Phi) is 51.6. The van der Waals surface area contributed by atoms with E-state index in [-0.39, 0.29) is 12.5 Å². The van der Waals surface area contributed by atoms with Gasteiger partial charge in [0.05, 0.1) is 25.4 Å². The zero-order valence-electron chi connectivity index (χ0n) is 48.2. The van der Waals surface area contributed by atoms with Crippen LogP contribution >= 0.6 is 0 Å². The zero-order chi connectivity index (χ0) is 52.9. The fourth-order valence-corrected chi connectivity index (χ4v) is 10.5. The maximum absolute atomic E-state index is 13.1. The summed E-state index contributed by atoms with van der Waals surface area (Å²) < 4.78 is 11.4. The Bertz CT molecular complexity index is 1200. The number of carbonyl (C=O) groups excluding carboxylic acids is 1. The number of hydrogen-bond acceptors (Lipinski definition) is 8. The van der Waals surface area contributed by atoms with Gasteiger partial charge in [-0.1, -0.05) is 295 Å². The molecular weight excluding hydrogens is 911 g/mol. The molecule has 0 bridgehead atoms. The minimum Gasteiger partial charge on any atom is -0.394 e. The molecule has 0 spiro atoms. The lowest BCUT2D eigenvalue weighted by atomic mass is 9.99. The van der Waals surface area contributed by atoms with Gasteiger partial charge >= 0.3 is 0 Å². The first-order chi connectivity index (χ1) is 35.8. The van der Waals surface area contributed by atoms with Crippen molar-refractivity contribution in [1.29, 1.82) is 0 Å². The first kappa shape index (κ1) is 69.7. The molecule has 0 aromatic heterocycles. The summed E-state index contributed by atoms with van der Waals surface area (Å²) in [6, 6.07) is -0.718. The molecule has 0 aromatic rings. The Balaban J connectivity index is 2.15. The molecule has 0 saturated carbocycles. The molecule has 1 rings (SSSR count). The van der Waals surface area contributed by atoms with Crippen LogP contribution in [0.3, 0.4) is 0 Å². The van der Waals surface area contributed by atoms with Gasteiger partial charge in [0.15, 0.2) is 6.29 Å². The Labute approximate surface area is 451 Å². The summed E-state index contributed by atoms with van der Waals surface area (Å²) in [5.41, 5.74) is 0. The molecule has 1 aliphatic heterocycles. The molecule has 7 unspecified atom stereocenters. The van der Waals surface area contributed by atoms with Gasteiger partial charge in [0.1, 0.15) is 24.4 Å². The summed E-state index contributed by atoms with van der Waals surface area (Å²) in [6.07, 6.45) is 62.2. The highest BCUT2D eigenvalue weighted by molar-refractivity contribution is 5.76. The Hall–Kier alpha value is -1.33. The number of ether oxygens (including phenoxy) is 2. The molecule has 1 fully saturated rings. The predicted octanol–water partition coefficient (Wildman–Crippen LogP) is 16.5. The third-order valence-corrected chi connectivity index (χ3v) is 15.6. The summed E-state index contributed by atoms with van der Waals surface area (Å²) in [6.45, 7) is 3.87. The highest BCUT2D eigenvalue weighted by Gasteiger charge is 2.44. The number of aliphatic hydroxyl groups is 5. The number of nitrogens with one attached hydrogen (secondary N) is 1. The number of hydrogen-bond donors (Lipinski definition) is 6. The van der Waals surface area contributed by atoms with E-state index in [9.17, 15) is 30.3 Å². The lowest BCUT2D eigenvalue weighted by Gasteiger charge is -2.40. The van der Waals surface area contributed by atoms with Gasteiger partial charge in [0.2, 0.25) is 5.91 Å². The quantitative estimate of drug-likeness (QED) is 0.0261. The van der Waals surface area contributed by atoms with Crippen LogP contribution in [0.1, 0.15) is 322 Å². The van der Waals surface area contributed by atoms with Gasteiger partial charge in [-0.2, -0.15) is 0 Å². The smallest absolute Gasteiger partial charge is 0.220 e. The second kappa shape index (κ2) is 54.0. The van der Waals surface area contributed by atoms with Gasteiger partial charge in [-0.15, -0.1) is 0 Å². The SMILES string of the molecule is CCCCCCC/C=C\C/C=C\CCCCCCCCCCCCCCCCCC(=O)NC(COC1OC(CO)C(O)C(O)C1O)C(O)CCCCCCCCCCCCCCCCCCCCCCCCC. The fourth-order valence-electron chi connectivity index (χ4n) is 10.5. The van der Waals surface area contributed by atoms with Gasteiger partial charge in [0.25, 0.3) is 0 Å². The average molecular weight is 1030 g/mol. The molecule has 6 N–H and O–H groups in total. The maximum atomic E-state index is 13.1. The minimum atomic E-state index is -1.55. The van der Waals surface area contributed by atoms with Gasteiger partial charge < -0.3 is 40.3 Å². The second-order valence-corrected chi connectivity index (χ2v) is 22.6. The minimum absolute atomic E-state index is 0.134. The monoisotopic (exact) mass is 1030 g/mol. The number of amides is 1. The molecule has 0 aromatic carbocycles. The van der Waals surface area contributed by atoms with E-state index in [0.717, 1.165) is 44.9 Å². The summed E-state index contributed by atoms with van der Waals surface area (Å²) in [5.74, 6) is -0.139. The van der Waals surface area contributed by atoms with E-state index in [2.05, 4.69) is 43.5 Å². The lowest BCUT2D eigenvalue weighted by molar-refractivity contribution is -0.302. The fraction of sp³-hybridized carbons (Fsp3) is 0.922. The Morgan fingerprint density at radius 2 is 0.808 bits per heavy atom. The zero-order valence-corrected chi connectivity index (χ0v) is 48.2. The summed E-state index contributed by atoms with van der Waals surface area (Å²) in [4.78, 5) is 13.1. The lowest BCUT2D eigenvalue weighted by Crippen LogP contribution is -2.60. The van der Waals surface area contributed by atoms with Crippen molar-refractivity contribution in [1.82, 2.24) is 5.32 Å². The molecular formula is C64H123NO8. The third-order valence-electron chi connectivity index (χ3n) is 15.6. The van der Waals surface area contributed by atoms with Gasteiger partial charge in [-0.05, 0) is 44.9 Å². The first-order valence-electron chi connectivity index (χ1n) is 32.0. The van der Waals surface area contributed by atoms with Crippen molar-refractivity contribution >= 4 is 5.91 Å². The summed E-state index contributed by atoms with van der Waals surface area (Å²) in [7, 11) is 0. The topological polar surface area (TPSA) is 149 Å². The standard InChI is InChI=1S/C64H123NO8/c1-3-5-7-9-11-13-15-17-19-21-23-25-27-28-29-30-32-34-36-38-40-42-44-46-48-50-52-54-60(68)65-57(56-72-64-63(71)62(70)61(69)59(55-66)73-64)58(67)53-51-49-47-45-43-41-39-37-35-33-31-26-24-22-20-18-16-14-12-10-8-6-4-2/h15,17,21,23,57-59,61-64,66-67,69-71H,3-14,16,18-20,22,24-56H2,1-2H3,(H,65,68)/b17-15-,23-21-. The number of allylic oxidation sites excluding steroid dienone is 4. The van der Waals surface area contributed by atoms with E-state index in [1.54, 1.807) is 0 Å². The molecule has 1 aliphatic rings. The van der Waals surface area contributed by atoms with Crippen molar-refractivity contribution < 1.29 is 39.8 Å². The molecule has 73 heavy (non-hydrogen) atoms. The third kappa shape index (κ3) is 43.4. The molecule has 1 saturated heterocycles. The largest absolute Gasteiger partial charge is 0.394 e. The van der Waals surface area contributed by atoms with Crippen molar-refractivity contribution in [3.8, 4) is 0 Å². The Morgan fingerprint density at radius 1 is 0.466 bits per heavy atom. The van der Waals surface area contributed by atoms with Gasteiger partial charge in [-0.3, -0.25) is 4.79 Å². The van der Waals surface area contributed by atoms with Crippen molar-refractivity contribution in [2.24, 2.45) is 0 Å². The molecule has 0 radical (unpaired) electrons. The first-order valence-corrected chi connectivity index (χ1v) is 32.0. The molecule has 1 heterocycles. The molecule has 1 amide bonds. The second-order valence-electron chi connectivity index (χ2n) is 22.6. The summed E-state index contributed by atoms with van der Waals surface area (Å²) in [5, 5.41) is 54.8. The number of unbranched alkanes of at least 4 members (excludes halogenated alkanes) is 42. The molecule has 7 atom stereocenters. The van der Waals surface area contributed by atoms with E-state index in [1.165, 1.54) is 250 Å². The van der Waals surface area contributed by atoms with Gasteiger partial charge in [0, 0.05) is 6.42 Å². The number of aliphatic hydroxyl groups excluding tert-OH is 5. The van der Waals surface area contributed by atoms with E-state index in [1.807, 2.05) is 0 Å². The van der Waals surface area contributed by atoms with Crippen LogP contribution in [0.5, 0.6) is 0 Å². The van der Waals surface area contributed by atoms with Crippen molar-refractivity contribution in [2.45, 2.75) is 365 Å². The van der Waals surface area contributed by atoms with Crippen LogP contribution in [0.15, 0.2) is 24.3 Å². The van der Waals surface area contributed by atoms with Crippen molar-refractivity contribution in [3.05, 3.63) is 24.3 Å². The van der Waals surface area contributed by atoms with Crippen LogP contribution in [0, 0.1) is 0 Å². The van der Waals surface area contributed by atoms with Gasteiger partial charge in [-0.25, -0.2) is 0 Å². The van der Waals surface area contributed by atoms with E-state index in [0.29, 0.717) is 12.8 Å². The molecule has 0 aliphatic carbocycles. The number of rotatable bonds is 56. The van der Waals surface area contributed by atoms with Crippen LogP contribution in [0.4, 0.5) is 0 Å². The molecule has 9 heteroatoms. The molecule has 9 nitrogen and oxygen atoms in total. The van der Waals surface area contributed by atoms with E-state index >= 15 is 0 Å². The van der Waals surface area contributed by atoms with Crippen LogP contribution < -0.4 is 5.32 Å². The van der Waals surface area contributed by atoms with Crippen LogP contribution in [-0.4, -0.2) is 87.5 Å². The van der Waals surface area contributed by atoms with E-state index < -0.39 is 49.5 Å². The highest BCUT2D eigenvalue weighted by atomic mass is 16.7. The Morgan fingerprint density at radius 3 is 1.18 bits per heavy atom. The van der Waals surface area contributed by atoms with Crippen LogP contribution in [0.25, 0.3) is 0 Å². The normalized spacial score (nSPS) is 19.1.